The maximum atomic E-state index is 12.3. The highest BCUT2D eigenvalue weighted by molar-refractivity contribution is 6.30. The number of methoxy groups -OCH3 is 1. The summed E-state index contributed by atoms with van der Waals surface area (Å²) in [6, 6.07) is 15.5. The molecule has 0 saturated carbocycles. The van der Waals surface area contributed by atoms with Crippen LogP contribution in [0.2, 0.25) is 5.15 Å². The van der Waals surface area contributed by atoms with Gasteiger partial charge in [0.15, 0.2) is 0 Å². The van der Waals surface area contributed by atoms with E-state index >= 15 is 0 Å². The van der Waals surface area contributed by atoms with Crippen LogP contribution in [0.1, 0.15) is 36.1 Å². The largest absolute Gasteiger partial charge is 0.494 e. The average Bonchev–Trinajstić information content (AvgIpc) is 3.12. The summed E-state index contributed by atoms with van der Waals surface area (Å²) in [5.74, 6) is 0.534. The van der Waals surface area contributed by atoms with Gasteiger partial charge in [-0.3, -0.25) is 4.79 Å². The van der Waals surface area contributed by atoms with Crippen molar-refractivity contribution in [1.82, 2.24) is 9.99 Å². The number of rotatable bonds is 3. The number of carbonyl (C=O) groups excluding carboxylic acids is 1. The Morgan fingerprint density at radius 1 is 1.21 bits per heavy atom. The van der Waals surface area contributed by atoms with Gasteiger partial charge in [0.25, 0.3) is 0 Å². The van der Waals surface area contributed by atoms with Crippen LogP contribution in [0.25, 0.3) is 10.9 Å². The third kappa shape index (κ3) is 3.22. The molecule has 142 valence electrons. The Morgan fingerprint density at radius 2 is 2.00 bits per heavy atom. The van der Waals surface area contributed by atoms with Crippen LogP contribution in [0.4, 0.5) is 0 Å². The fourth-order valence-electron chi connectivity index (χ4n) is 3.61. The van der Waals surface area contributed by atoms with Crippen molar-refractivity contribution in [2.75, 3.05) is 7.11 Å². The van der Waals surface area contributed by atoms with E-state index in [1.165, 1.54) is 11.9 Å². The minimum Gasteiger partial charge on any atom is -0.494 e. The number of halogens is 1. The number of aromatic nitrogens is 1. The summed E-state index contributed by atoms with van der Waals surface area (Å²) < 4.78 is 5.38. The van der Waals surface area contributed by atoms with Gasteiger partial charge in [0.2, 0.25) is 5.91 Å². The van der Waals surface area contributed by atoms with E-state index in [0.29, 0.717) is 22.8 Å². The standard InChI is InChI=1S/C22H20ClN3O2/c1-13-6-4-7-15(10-13)18-12-19(26(25-18)14(2)27)17-11-16-8-5-9-20(28-3)21(16)24-22(17)23/h4-11,19H,12H2,1-3H3/t19-/m0/s1. The molecule has 1 aliphatic rings. The molecule has 0 bridgehead atoms. The second kappa shape index (κ2) is 7.24. The molecule has 2 aromatic carbocycles. The number of pyridine rings is 1. The zero-order chi connectivity index (χ0) is 19.8. The van der Waals surface area contributed by atoms with Gasteiger partial charge in [0, 0.05) is 24.3 Å². The first kappa shape index (κ1) is 18.4. The zero-order valence-corrected chi connectivity index (χ0v) is 16.7. The van der Waals surface area contributed by atoms with Crippen molar-refractivity contribution >= 4 is 34.1 Å². The molecule has 5 nitrogen and oxygen atoms in total. The molecule has 0 fully saturated rings. The van der Waals surface area contributed by atoms with Crippen LogP contribution in [0.15, 0.2) is 53.6 Å². The van der Waals surface area contributed by atoms with Crippen molar-refractivity contribution in [2.45, 2.75) is 26.3 Å². The smallest absolute Gasteiger partial charge is 0.240 e. The lowest BCUT2D eigenvalue weighted by Gasteiger charge is -2.21. The molecule has 0 radical (unpaired) electrons. The van der Waals surface area contributed by atoms with Crippen LogP contribution < -0.4 is 4.74 Å². The molecule has 0 N–H and O–H groups in total. The van der Waals surface area contributed by atoms with E-state index in [1.54, 1.807) is 7.11 Å². The van der Waals surface area contributed by atoms with Crippen LogP contribution in [-0.2, 0) is 4.79 Å². The summed E-state index contributed by atoms with van der Waals surface area (Å²) in [5, 5.41) is 7.37. The Hall–Kier alpha value is -2.92. The van der Waals surface area contributed by atoms with Crippen LogP contribution >= 0.6 is 11.6 Å². The summed E-state index contributed by atoms with van der Waals surface area (Å²) >= 11 is 6.55. The molecule has 0 saturated heterocycles. The number of fused-ring (bicyclic) bond motifs is 1. The molecule has 28 heavy (non-hydrogen) atoms. The molecule has 0 spiro atoms. The van der Waals surface area contributed by atoms with E-state index < -0.39 is 0 Å². The number of hydrogen-bond donors (Lipinski definition) is 0. The van der Waals surface area contributed by atoms with E-state index in [4.69, 9.17) is 16.3 Å². The Morgan fingerprint density at radius 3 is 2.71 bits per heavy atom. The summed E-state index contributed by atoms with van der Waals surface area (Å²) in [6.45, 7) is 3.55. The summed E-state index contributed by atoms with van der Waals surface area (Å²) in [4.78, 5) is 16.8. The first-order valence-corrected chi connectivity index (χ1v) is 9.43. The molecule has 1 aliphatic heterocycles. The number of para-hydroxylation sites is 1. The van der Waals surface area contributed by atoms with E-state index in [1.807, 2.05) is 49.4 Å². The van der Waals surface area contributed by atoms with Crippen LogP contribution in [-0.4, -0.2) is 28.7 Å². The molecule has 4 rings (SSSR count). The van der Waals surface area contributed by atoms with E-state index in [9.17, 15) is 4.79 Å². The lowest BCUT2D eigenvalue weighted by molar-refractivity contribution is -0.130. The van der Waals surface area contributed by atoms with Gasteiger partial charge in [0.1, 0.15) is 16.4 Å². The summed E-state index contributed by atoms with van der Waals surface area (Å²) in [7, 11) is 1.61. The number of hydrogen-bond acceptors (Lipinski definition) is 4. The minimum atomic E-state index is -0.288. The van der Waals surface area contributed by atoms with Crippen LogP contribution in [0.3, 0.4) is 0 Å². The SMILES string of the molecule is COc1cccc2cc([C@@H]3CC(c4cccc(C)c4)=NN3C(C)=O)c(Cl)nc12. The predicted octanol–water partition coefficient (Wildman–Crippen LogP) is 4.90. The first-order chi connectivity index (χ1) is 13.5. The number of carbonyl (C=O) groups is 1. The quantitative estimate of drug-likeness (QED) is 0.594. The fourth-order valence-corrected chi connectivity index (χ4v) is 3.87. The van der Waals surface area contributed by atoms with Crippen molar-refractivity contribution in [3.8, 4) is 5.75 Å². The Bertz CT molecular complexity index is 1110. The van der Waals surface area contributed by atoms with Gasteiger partial charge in [-0.15, -0.1) is 0 Å². The zero-order valence-electron chi connectivity index (χ0n) is 15.9. The van der Waals surface area contributed by atoms with Gasteiger partial charge in [-0.05, 0) is 24.6 Å². The lowest BCUT2D eigenvalue weighted by Crippen LogP contribution is -2.24. The number of nitrogens with zero attached hydrogens (tertiary/aromatic N) is 3. The maximum Gasteiger partial charge on any atom is 0.240 e. The molecular formula is C22H20ClN3O2. The van der Waals surface area contributed by atoms with Gasteiger partial charge in [0.05, 0.1) is 18.9 Å². The predicted molar refractivity (Wildman–Crippen MR) is 111 cm³/mol. The number of aryl methyl sites for hydroxylation is 1. The highest BCUT2D eigenvalue weighted by atomic mass is 35.5. The summed E-state index contributed by atoms with van der Waals surface area (Å²) in [5.41, 5.74) is 4.51. The normalized spacial score (nSPS) is 16.4. The monoisotopic (exact) mass is 393 g/mol. The Labute approximate surface area is 168 Å². The van der Waals surface area contributed by atoms with Crippen molar-refractivity contribution in [2.24, 2.45) is 5.10 Å². The highest BCUT2D eigenvalue weighted by Crippen LogP contribution is 2.38. The first-order valence-electron chi connectivity index (χ1n) is 9.05. The number of amides is 1. The van der Waals surface area contributed by atoms with Crippen molar-refractivity contribution < 1.29 is 9.53 Å². The second-order valence-electron chi connectivity index (χ2n) is 6.90. The molecule has 0 aliphatic carbocycles. The number of hydrazone groups is 1. The van der Waals surface area contributed by atoms with Gasteiger partial charge >= 0.3 is 0 Å². The van der Waals surface area contributed by atoms with Gasteiger partial charge in [-0.2, -0.15) is 5.10 Å². The third-order valence-corrected chi connectivity index (χ3v) is 5.26. The number of benzene rings is 2. The van der Waals surface area contributed by atoms with Crippen LogP contribution in [0.5, 0.6) is 5.75 Å². The fraction of sp³-hybridized carbons (Fsp3) is 0.227. The van der Waals surface area contributed by atoms with Crippen molar-refractivity contribution in [3.63, 3.8) is 0 Å². The summed E-state index contributed by atoms with van der Waals surface area (Å²) in [6.07, 6.45) is 0.583. The molecule has 1 amide bonds. The average molecular weight is 394 g/mol. The lowest BCUT2D eigenvalue weighted by atomic mass is 9.97. The van der Waals surface area contributed by atoms with Crippen molar-refractivity contribution in [1.29, 1.82) is 0 Å². The maximum absolute atomic E-state index is 12.3. The molecule has 2 heterocycles. The minimum absolute atomic E-state index is 0.130. The van der Waals surface area contributed by atoms with Gasteiger partial charge in [-0.1, -0.05) is 53.6 Å². The van der Waals surface area contributed by atoms with E-state index in [-0.39, 0.29) is 11.9 Å². The van der Waals surface area contributed by atoms with Crippen LogP contribution in [0, 0.1) is 6.92 Å². The second-order valence-corrected chi connectivity index (χ2v) is 7.26. The molecule has 3 aromatic rings. The van der Waals surface area contributed by atoms with Crippen molar-refractivity contribution in [3.05, 3.63) is 70.4 Å². The Balaban J connectivity index is 1.78. The van der Waals surface area contributed by atoms with Gasteiger partial charge in [-0.25, -0.2) is 9.99 Å². The third-order valence-electron chi connectivity index (χ3n) is 4.95. The number of ether oxygens (including phenoxy) is 1. The van der Waals surface area contributed by atoms with E-state index in [2.05, 4.69) is 16.2 Å². The van der Waals surface area contributed by atoms with E-state index in [0.717, 1.165) is 27.8 Å². The van der Waals surface area contributed by atoms with Gasteiger partial charge < -0.3 is 4.74 Å². The molecule has 1 aromatic heterocycles. The molecule has 6 heteroatoms. The Kier molecular flexibility index (Phi) is 4.77. The highest BCUT2D eigenvalue weighted by Gasteiger charge is 2.33. The topological polar surface area (TPSA) is 54.8 Å². The molecule has 1 atom stereocenters. The molecule has 0 unspecified atom stereocenters. The molecular weight excluding hydrogens is 374 g/mol.